The Hall–Kier alpha value is -2.88. The highest BCUT2D eigenvalue weighted by Crippen LogP contribution is 2.28. The van der Waals surface area contributed by atoms with E-state index in [4.69, 9.17) is 0 Å². The number of rotatable bonds is 7. The van der Waals surface area contributed by atoms with Gasteiger partial charge >= 0.3 is 0 Å². The molecule has 1 N–H and O–H groups in total. The van der Waals surface area contributed by atoms with Gasteiger partial charge in [-0.25, -0.2) is 18.7 Å². The molecule has 0 saturated carbocycles. The Morgan fingerprint density at radius 1 is 1.28 bits per heavy atom. The highest BCUT2D eigenvalue weighted by Gasteiger charge is 2.24. The Labute approximate surface area is 170 Å². The molecule has 2 heterocycles. The topological polar surface area (TPSA) is 80.1 Å². The number of hydrogen-bond acceptors (Lipinski definition) is 6. The second-order valence-corrected chi connectivity index (χ2v) is 7.42. The van der Waals surface area contributed by atoms with Crippen molar-refractivity contribution in [1.29, 1.82) is 0 Å². The van der Waals surface area contributed by atoms with E-state index in [0.717, 1.165) is 21.5 Å². The lowest BCUT2D eigenvalue weighted by molar-refractivity contribution is -0.122. The number of thiazole rings is 1. The summed E-state index contributed by atoms with van der Waals surface area (Å²) in [4.78, 5) is 35.0. The first kappa shape index (κ1) is 20.8. The summed E-state index contributed by atoms with van der Waals surface area (Å²) in [7, 11) is 1.66. The molecule has 1 atom stereocenters. The average molecular weight is 421 g/mol. The van der Waals surface area contributed by atoms with Crippen molar-refractivity contribution in [3.8, 4) is 0 Å². The van der Waals surface area contributed by atoms with Crippen molar-refractivity contribution in [2.24, 2.45) is 0 Å². The SMILES string of the molecule is CCn1c(C(F)F)nc2sc(N(C)[C@H](C)C(=O)NCc3ccccc3)nc2c1=O. The van der Waals surface area contributed by atoms with Crippen molar-refractivity contribution in [2.45, 2.75) is 39.4 Å². The molecule has 0 aliphatic carbocycles. The number of nitrogens with zero attached hydrogens (tertiary/aromatic N) is 4. The molecular weight excluding hydrogens is 400 g/mol. The molecule has 0 bridgehead atoms. The minimum absolute atomic E-state index is 0.0278. The molecule has 0 radical (unpaired) electrons. The minimum Gasteiger partial charge on any atom is -0.350 e. The van der Waals surface area contributed by atoms with Crippen LogP contribution in [0.1, 0.15) is 31.7 Å². The van der Waals surface area contributed by atoms with Crippen molar-refractivity contribution in [3.05, 3.63) is 52.1 Å². The van der Waals surface area contributed by atoms with E-state index in [1.165, 1.54) is 0 Å². The van der Waals surface area contributed by atoms with E-state index in [1.54, 1.807) is 25.8 Å². The fourth-order valence-electron chi connectivity index (χ4n) is 2.81. The third kappa shape index (κ3) is 4.26. The first-order valence-electron chi connectivity index (χ1n) is 9.07. The van der Waals surface area contributed by atoms with E-state index >= 15 is 0 Å². The molecule has 154 valence electrons. The number of carbonyl (C=O) groups is 1. The van der Waals surface area contributed by atoms with Gasteiger partial charge in [-0.3, -0.25) is 14.2 Å². The smallest absolute Gasteiger partial charge is 0.295 e. The number of alkyl halides is 2. The number of benzene rings is 1. The van der Waals surface area contributed by atoms with Crippen molar-refractivity contribution in [3.63, 3.8) is 0 Å². The Bertz CT molecular complexity index is 1070. The third-order valence-corrected chi connectivity index (χ3v) is 5.66. The van der Waals surface area contributed by atoms with Crippen LogP contribution in [0.25, 0.3) is 10.3 Å². The van der Waals surface area contributed by atoms with Gasteiger partial charge in [0.1, 0.15) is 6.04 Å². The van der Waals surface area contributed by atoms with E-state index in [0.29, 0.717) is 11.7 Å². The molecule has 1 amide bonds. The van der Waals surface area contributed by atoms with Gasteiger partial charge in [-0.15, -0.1) is 0 Å². The number of halogens is 2. The van der Waals surface area contributed by atoms with Crippen LogP contribution in [-0.4, -0.2) is 33.5 Å². The predicted molar refractivity (Wildman–Crippen MR) is 108 cm³/mol. The largest absolute Gasteiger partial charge is 0.350 e. The van der Waals surface area contributed by atoms with E-state index in [2.05, 4.69) is 15.3 Å². The molecule has 0 unspecified atom stereocenters. The quantitative estimate of drug-likeness (QED) is 0.635. The maximum absolute atomic E-state index is 13.2. The molecule has 29 heavy (non-hydrogen) atoms. The first-order valence-corrected chi connectivity index (χ1v) is 9.89. The summed E-state index contributed by atoms with van der Waals surface area (Å²) in [5.74, 6) is -0.792. The molecule has 3 rings (SSSR count). The first-order chi connectivity index (χ1) is 13.8. The summed E-state index contributed by atoms with van der Waals surface area (Å²) in [6.45, 7) is 3.76. The molecule has 3 aromatic rings. The highest BCUT2D eigenvalue weighted by molar-refractivity contribution is 7.21. The van der Waals surface area contributed by atoms with Crippen LogP contribution >= 0.6 is 11.3 Å². The van der Waals surface area contributed by atoms with E-state index in [1.807, 2.05) is 30.3 Å². The number of likely N-dealkylation sites (N-methyl/N-ethyl adjacent to an activating group) is 1. The number of hydrogen-bond donors (Lipinski definition) is 1. The lowest BCUT2D eigenvalue weighted by atomic mass is 10.2. The molecular formula is C19H21F2N5O2S. The van der Waals surface area contributed by atoms with Crippen LogP contribution in [0.4, 0.5) is 13.9 Å². The number of carbonyl (C=O) groups excluding carboxylic acids is 1. The molecule has 0 aliphatic heterocycles. The lowest BCUT2D eigenvalue weighted by Gasteiger charge is -2.23. The van der Waals surface area contributed by atoms with Gasteiger partial charge in [0.2, 0.25) is 5.91 Å². The maximum Gasteiger partial charge on any atom is 0.295 e. The zero-order chi connectivity index (χ0) is 21.1. The monoisotopic (exact) mass is 421 g/mol. The molecule has 0 aliphatic rings. The number of anilines is 1. The van der Waals surface area contributed by atoms with Gasteiger partial charge in [-0.05, 0) is 19.4 Å². The summed E-state index contributed by atoms with van der Waals surface area (Å²) in [5.41, 5.74) is 0.393. The third-order valence-electron chi connectivity index (χ3n) is 4.62. The Balaban J connectivity index is 1.82. The second-order valence-electron chi connectivity index (χ2n) is 6.46. The summed E-state index contributed by atoms with van der Waals surface area (Å²) in [6.07, 6.45) is -2.86. The van der Waals surface area contributed by atoms with Gasteiger partial charge in [0.05, 0.1) is 0 Å². The van der Waals surface area contributed by atoms with Crippen LogP contribution in [0.2, 0.25) is 0 Å². The van der Waals surface area contributed by atoms with Crippen LogP contribution in [-0.2, 0) is 17.9 Å². The Morgan fingerprint density at radius 2 is 1.97 bits per heavy atom. The maximum atomic E-state index is 13.2. The highest BCUT2D eigenvalue weighted by atomic mass is 32.1. The summed E-state index contributed by atoms with van der Waals surface area (Å²) >= 11 is 1.01. The Morgan fingerprint density at radius 3 is 2.59 bits per heavy atom. The van der Waals surface area contributed by atoms with Crippen molar-refractivity contribution >= 4 is 32.7 Å². The lowest BCUT2D eigenvalue weighted by Crippen LogP contribution is -2.43. The molecule has 0 spiro atoms. The van der Waals surface area contributed by atoms with Crippen molar-refractivity contribution < 1.29 is 13.6 Å². The minimum atomic E-state index is -2.86. The zero-order valence-electron chi connectivity index (χ0n) is 16.2. The van der Waals surface area contributed by atoms with Gasteiger partial charge in [0.25, 0.3) is 12.0 Å². The molecule has 7 nitrogen and oxygen atoms in total. The number of fused-ring (bicyclic) bond motifs is 1. The average Bonchev–Trinajstić information content (AvgIpc) is 3.16. The molecule has 2 aromatic heterocycles. The molecule has 0 fully saturated rings. The van der Waals surface area contributed by atoms with Crippen LogP contribution in [0.5, 0.6) is 0 Å². The van der Waals surface area contributed by atoms with Crippen molar-refractivity contribution in [2.75, 3.05) is 11.9 Å². The van der Waals surface area contributed by atoms with Gasteiger partial charge in [-0.2, -0.15) is 0 Å². The zero-order valence-corrected chi connectivity index (χ0v) is 17.0. The summed E-state index contributed by atoms with van der Waals surface area (Å²) in [6, 6.07) is 8.92. The van der Waals surface area contributed by atoms with Crippen LogP contribution in [0, 0.1) is 0 Å². The van der Waals surface area contributed by atoms with Gasteiger partial charge in [0, 0.05) is 20.1 Å². The van der Waals surface area contributed by atoms with Crippen LogP contribution < -0.4 is 15.8 Å². The second kappa shape index (κ2) is 8.64. The van der Waals surface area contributed by atoms with E-state index in [-0.39, 0.29) is 22.8 Å². The van der Waals surface area contributed by atoms with Gasteiger partial charge < -0.3 is 10.2 Å². The fraction of sp³-hybridized carbons (Fsp3) is 0.368. The fourth-order valence-corrected chi connectivity index (χ4v) is 3.79. The summed E-state index contributed by atoms with van der Waals surface area (Å²) in [5, 5.41) is 3.21. The van der Waals surface area contributed by atoms with Crippen LogP contribution in [0.3, 0.4) is 0 Å². The predicted octanol–water partition coefficient (Wildman–Crippen LogP) is 2.95. The molecule has 1 aromatic carbocycles. The van der Waals surface area contributed by atoms with E-state index < -0.39 is 23.9 Å². The van der Waals surface area contributed by atoms with E-state index in [9.17, 15) is 18.4 Å². The van der Waals surface area contributed by atoms with Crippen molar-refractivity contribution in [1.82, 2.24) is 19.9 Å². The number of aromatic nitrogens is 3. The van der Waals surface area contributed by atoms with Gasteiger partial charge in [-0.1, -0.05) is 41.7 Å². The Kier molecular flexibility index (Phi) is 6.21. The van der Waals surface area contributed by atoms with Gasteiger partial charge in [0.15, 0.2) is 21.3 Å². The standard InChI is InChI=1S/C19H21F2N5O2S/c1-4-26-15(14(20)21)24-17-13(18(26)28)23-19(29-17)25(3)11(2)16(27)22-10-12-8-6-5-7-9-12/h5-9,11,14H,4,10H2,1-3H3,(H,22,27)/t11-/m1/s1. The summed E-state index contributed by atoms with van der Waals surface area (Å²) < 4.78 is 27.4. The van der Waals surface area contributed by atoms with Crippen LogP contribution in [0.15, 0.2) is 35.1 Å². The molecule has 0 saturated heterocycles. The number of nitrogens with one attached hydrogen (secondary N) is 1. The number of amides is 1. The normalized spacial score (nSPS) is 12.3. The molecule has 10 heteroatoms.